The molecule has 0 aromatic heterocycles. The minimum absolute atomic E-state index is 0.00215. The van der Waals surface area contributed by atoms with Crippen LogP contribution >= 0.6 is 0 Å². The number of nitrogens with one attached hydrogen (secondary N) is 2. The number of carbonyl (C=O) groups excluding carboxylic acids is 2. The smallest absolute Gasteiger partial charge is 0.410 e. The molecule has 124 valence electrons. The van der Waals surface area contributed by atoms with Crippen molar-refractivity contribution in [3.8, 4) is 0 Å². The first-order chi connectivity index (χ1) is 9.47. The van der Waals surface area contributed by atoms with E-state index in [4.69, 9.17) is 4.74 Å². The van der Waals surface area contributed by atoms with Gasteiger partial charge >= 0.3 is 6.09 Å². The Balaban J connectivity index is 4.34. The van der Waals surface area contributed by atoms with Crippen LogP contribution in [-0.4, -0.2) is 54.7 Å². The second kappa shape index (κ2) is 8.22. The number of ether oxygens (including phenoxy) is 1. The molecule has 0 saturated heterocycles. The Morgan fingerprint density at radius 2 is 1.62 bits per heavy atom. The van der Waals surface area contributed by atoms with Gasteiger partial charge < -0.3 is 20.3 Å². The molecule has 0 radical (unpaired) electrons. The van der Waals surface area contributed by atoms with Crippen LogP contribution in [0.25, 0.3) is 0 Å². The molecule has 0 saturated carbocycles. The van der Waals surface area contributed by atoms with Gasteiger partial charge in [0.05, 0.1) is 0 Å². The topological polar surface area (TPSA) is 70.7 Å². The van der Waals surface area contributed by atoms with Gasteiger partial charge in [0, 0.05) is 38.6 Å². The lowest BCUT2D eigenvalue weighted by molar-refractivity contribution is -0.120. The predicted molar refractivity (Wildman–Crippen MR) is 84.2 cm³/mol. The van der Waals surface area contributed by atoms with Gasteiger partial charge in [-0.25, -0.2) is 4.79 Å². The second-order valence-electron chi connectivity index (χ2n) is 6.98. The van der Waals surface area contributed by atoms with Crippen molar-refractivity contribution in [2.45, 2.75) is 59.1 Å². The SMILES string of the molecule is CNC(=O)CCNCCN(C(=O)OC(C)(C)C)C(C)(C)C. The van der Waals surface area contributed by atoms with Crippen LogP contribution < -0.4 is 10.6 Å². The third-order valence-electron chi connectivity index (χ3n) is 2.74. The van der Waals surface area contributed by atoms with Crippen LogP contribution in [0.3, 0.4) is 0 Å². The summed E-state index contributed by atoms with van der Waals surface area (Å²) in [4.78, 5) is 25.0. The van der Waals surface area contributed by atoms with E-state index in [2.05, 4.69) is 10.6 Å². The fourth-order valence-corrected chi connectivity index (χ4v) is 1.66. The van der Waals surface area contributed by atoms with Gasteiger partial charge in [0.2, 0.25) is 5.91 Å². The molecule has 0 aromatic rings. The number of amides is 2. The summed E-state index contributed by atoms with van der Waals surface area (Å²) in [5.74, 6) is 0.00215. The first kappa shape index (κ1) is 19.7. The molecule has 0 bridgehead atoms. The van der Waals surface area contributed by atoms with E-state index in [1.54, 1.807) is 11.9 Å². The van der Waals surface area contributed by atoms with Crippen molar-refractivity contribution in [1.82, 2.24) is 15.5 Å². The average molecular weight is 301 g/mol. The molecule has 2 amide bonds. The largest absolute Gasteiger partial charge is 0.444 e. The molecule has 0 rings (SSSR count). The van der Waals surface area contributed by atoms with Crippen molar-refractivity contribution in [2.75, 3.05) is 26.7 Å². The molecule has 21 heavy (non-hydrogen) atoms. The summed E-state index contributed by atoms with van der Waals surface area (Å²) in [6, 6.07) is 0. The molecule has 0 aliphatic heterocycles. The van der Waals surface area contributed by atoms with Gasteiger partial charge in [-0.2, -0.15) is 0 Å². The highest BCUT2D eigenvalue weighted by Gasteiger charge is 2.30. The van der Waals surface area contributed by atoms with Gasteiger partial charge in [0.15, 0.2) is 0 Å². The molecule has 0 heterocycles. The zero-order valence-electron chi connectivity index (χ0n) is 14.5. The van der Waals surface area contributed by atoms with Gasteiger partial charge in [-0.15, -0.1) is 0 Å². The zero-order valence-corrected chi connectivity index (χ0v) is 14.5. The lowest BCUT2D eigenvalue weighted by Gasteiger charge is -2.36. The van der Waals surface area contributed by atoms with Gasteiger partial charge in [-0.1, -0.05) is 0 Å². The highest BCUT2D eigenvalue weighted by Crippen LogP contribution is 2.17. The Hall–Kier alpha value is -1.30. The third-order valence-corrected chi connectivity index (χ3v) is 2.74. The minimum atomic E-state index is -0.507. The summed E-state index contributed by atoms with van der Waals surface area (Å²) in [7, 11) is 1.62. The lowest BCUT2D eigenvalue weighted by atomic mass is 10.1. The molecule has 0 aromatic carbocycles. The van der Waals surface area contributed by atoms with Crippen LogP contribution in [0.1, 0.15) is 48.0 Å². The van der Waals surface area contributed by atoms with Gasteiger partial charge in [-0.3, -0.25) is 4.79 Å². The minimum Gasteiger partial charge on any atom is -0.444 e. The highest BCUT2D eigenvalue weighted by atomic mass is 16.6. The molecule has 6 heteroatoms. The van der Waals surface area contributed by atoms with Crippen molar-refractivity contribution in [3.63, 3.8) is 0 Å². The number of rotatable bonds is 6. The van der Waals surface area contributed by atoms with E-state index in [1.165, 1.54) is 0 Å². The van der Waals surface area contributed by atoms with E-state index in [-0.39, 0.29) is 17.5 Å². The van der Waals surface area contributed by atoms with Crippen molar-refractivity contribution in [1.29, 1.82) is 0 Å². The van der Waals surface area contributed by atoms with Gasteiger partial charge in [-0.05, 0) is 41.5 Å². The summed E-state index contributed by atoms with van der Waals surface area (Å²) in [6.45, 7) is 13.2. The summed E-state index contributed by atoms with van der Waals surface area (Å²) < 4.78 is 5.43. The van der Waals surface area contributed by atoms with E-state index in [0.717, 1.165) is 0 Å². The molecular formula is C15H31N3O3. The van der Waals surface area contributed by atoms with Crippen LogP contribution in [-0.2, 0) is 9.53 Å². The normalized spacial score (nSPS) is 12.0. The quantitative estimate of drug-likeness (QED) is 0.733. The first-order valence-corrected chi connectivity index (χ1v) is 7.39. The van der Waals surface area contributed by atoms with Crippen molar-refractivity contribution in [3.05, 3.63) is 0 Å². The van der Waals surface area contributed by atoms with Crippen LogP contribution in [0.5, 0.6) is 0 Å². The molecule has 2 N–H and O–H groups in total. The molecule has 6 nitrogen and oxygen atoms in total. The molecule has 0 aliphatic rings. The molecule has 0 fully saturated rings. The highest BCUT2D eigenvalue weighted by molar-refractivity contribution is 5.75. The van der Waals surface area contributed by atoms with E-state index >= 15 is 0 Å². The standard InChI is InChI=1S/C15H31N3O3/c1-14(2,3)18(13(20)21-15(4,5)6)11-10-17-9-8-12(19)16-7/h17H,8-11H2,1-7H3,(H,16,19). The molecule has 0 aliphatic carbocycles. The summed E-state index contributed by atoms with van der Waals surface area (Å²) in [6.07, 6.45) is 0.112. The van der Waals surface area contributed by atoms with Crippen LogP contribution in [0, 0.1) is 0 Å². The number of carbonyl (C=O) groups is 2. The summed E-state index contributed by atoms with van der Waals surface area (Å²) in [5.41, 5.74) is -0.821. The fourth-order valence-electron chi connectivity index (χ4n) is 1.66. The Kier molecular flexibility index (Phi) is 7.71. The number of hydrogen-bond donors (Lipinski definition) is 2. The maximum Gasteiger partial charge on any atom is 0.410 e. The number of nitrogens with zero attached hydrogens (tertiary/aromatic N) is 1. The first-order valence-electron chi connectivity index (χ1n) is 7.39. The molecule has 0 spiro atoms. The maximum atomic E-state index is 12.2. The van der Waals surface area contributed by atoms with Crippen LogP contribution in [0.2, 0.25) is 0 Å². The fraction of sp³-hybridized carbons (Fsp3) is 0.867. The summed E-state index contributed by atoms with van der Waals surface area (Å²) >= 11 is 0. The van der Waals surface area contributed by atoms with Crippen molar-refractivity contribution in [2.24, 2.45) is 0 Å². The van der Waals surface area contributed by atoms with E-state index in [0.29, 0.717) is 26.1 Å². The van der Waals surface area contributed by atoms with Crippen LogP contribution in [0.4, 0.5) is 4.79 Å². The maximum absolute atomic E-state index is 12.2. The van der Waals surface area contributed by atoms with E-state index in [1.807, 2.05) is 41.5 Å². The lowest BCUT2D eigenvalue weighted by Crippen LogP contribution is -2.50. The summed E-state index contributed by atoms with van der Waals surface area (Å²) in [5, 5.41) is 5.73. The van der Waals surface area contributed by atoms with E-state index in [9.17, 15) is 9.59 Å². The van der Waals surface area contributed by atoms with Crippen molar-refractivity contribution >= 4 is 12.0 Å². The van der Waals surface area contributed by atoms with Gasteiger partial charge in [0.25, 0.3) is 0 Å². The number of hydrogen-bond acceptors (Lipinski definition) is 4. The molecule has 0 atom stereocenters. The zero-order chi connectivity index (χ0) is 16.7. The predicted octanol–water partition coefficient (Wildman–Crippen LogP) is 1.75. The average Bonchev–Trinajstić information content (AvgIpc) is 2.28. The Morgan fingerprint density at radius 1 is 1.05 bits per heavy atom. The third kappa shape index (κ3) is 9.28. The molecular weight excluding hydrogens is 270 g/mol. The van der Waals surface area contributed by atoms with E-state index < -0.39 is 5.60 Å². The Bertz CT molecular complexity index is 343. The van der Waals surface area contributed by atoms with Crippen molar-refractivity contribution < 1.29 is 14.3 Å². The molecule has 0 unspecified atom stereocenters. The Morgan fingerprint density at radius 3 is 2.05 bits per heavy atom. The second-order valence-corrected chi connectivity index (χ2v) is 6.98. The Labute approximate surface area is 128 Å². The monoisotopic (exact) mass is 301 g/mol. The van der Waals surface area contributed by atoms with Gasteiger partial charge in [0.1, 0.15) is 5.60 Å². The van der Waals surface area contributed by atoms with Crippen LogP contribution in [0.15, 0.2) is 0 Å².